The van der Waals surface area contributed by atoms with Crippen LogP contribution in [-0.4, -0.2) is 49.1 Å². The van der Waals surface area contributed by atoms with Gasteiger partial charge < -0.3 is 10.2 Å². The Bertz CT molecular complexity index is 239. The highest BCUT2D eigenvalue weighted by molar-refractivity contribution is 8.00. The standard InChI is InChI=1S/C15H30N2S/c1-17-10-6-7-14(12-17)11-16-13-15(18-2)8-4-3-5-9-15/h14,16H,3-13H2,1-2H3. The molecule has 1 unspecified atom stereocenters. The molecule has 2 aliphatic rings. The van der Waals surface area contributed by atoms with Gasteiger partial charge >= 0.3 is 0 Å². The quantitative estimate of drug-likeness (QED) is 0.827. The number of thioether (sulfide) groups is 1. The van der Waals surface area contributed by atoms with Gasteiger partial charge in [-0.1, -0.05) is 19.3 Å². The molecule has 1 saturated heterocycles. The Balaban J connectivity index is 1.69. The van der Waals surface area contributed by atoms with Crippen molar-refractivity contribution < 1.29 is 0 Å². The zero-order valence-electron chi connectivity index (χ0n) is 12.2. The predicted molar refractivity (Wildman–Crippen MR) is 82.4 cm³/mol. The second kappa shape index (κ2) is 7.16. The number of likely N-dealkylation sites (tertiary alicyclic amines) is 1. The van der Waals surface area contributed by atoms with Crippen LogP contribution in [0, 0.1) is 5.92 Å². The van der Waals surface area contributed by atoms with Gasteiger partial charge in [-0.3, -0.25) is 0 Å². The molecule has 106 valence electrons. The molecule has 1 heterocycles. The van der Waals surface area contributed by atoms with Crippen molar-refractivity contribution in [2.45, 2.75) is 49.7 Å². The normalized spacial score (nSPS) is 29.3. The van der Waals surface area contributed by atoms with Crippen LogP contribution in [0.15, 0.2) is 0 Å². The summed E-state index contributed by atoms with van der Waals surface area (Å²) < 4.78 is 0.554. The van der Waals surface area contributed by atoms with E-state index in [1.54, 1.807) is 0 Å². The van der Waals surface area contributed by atoms with Gasteiger partial charge in [-0.2, -0.15) is 11.8 Å². The molecule has 1 saturated carbocycles. The summed E-state index contributed by atoms with van der Waals surface area (Å²) in [5.74, 6) is 0.881. The van der Waals surface area contributed by atoms with E-state index in [2.05, 4.69) is 35.3 Å². The van der Waals surface area contributed by atoms with E-state index in [0.29, 0.717) is 4.75 Å². The van der Waals surface area contributed by atoms with Gasteiger partial charge in [-0.25, -0.2) is 0 Å². The maximum absolute atomic E-state index is 3.79. The highest BCUT2D eigenvalue weighted by Crippen LogP contribution is 2.37. The maximum atomic E-state index is 3.79. The summed E-state index contributed by atoms with van der Waals surface area (Å²) in [5, 5.41) is 3.79. The summed E-state index contributed by atoms with van der Waals surface area (Å²) in [6.07, 6.45) is 12.3. The SMILES string of the molecule is CSC1(CNCC2CCCN(C)C2)CCCCC1. The summed E-state index contributed by atoms with van der Waals surface area (Å²) in [6.45, 7) is 5.05. The first kappa shape index (κ1) is 14.7. The largest absolute Gasteiger partial charge is 0.315 e. The van der Waals surface area contributed by atoms with Crippen LogP contribution in [0.5, 0.6) is 0 Å². The van der Waals surface area contributed by atoms with Crippen LogP contribution >= 0.6 is 11.8 Å². The van der Waals surface area contributed by atoms with Gasteiger partial charge in [0.25, 0.3) is 0 Å². The molecule has 0 spiro atoms. The van der Waals surface area contributed by atoms with Gasteiger partial charge in [0, 0.05) is 17.8 Å². The summed E-state index contributed by atoms with van der Waals surface area (Å²) in [6, 6.07) is 0. The number of piperidine rings is 1. The van der Waals surface area contributed by atoms with Gasteiger partial charge in [0.2, 0.25) is 0 Å². The molecule has 1 aliphatic heterocycles. The van der Waals surface area contributed by atoms with Crippen molar-refractivity contribution in [1.82, 2.24) is 10.2 Å². The molecule has 3 heteroatoms. The van der Waals surface area contributed by atoms with Crippen LogP contribution in [-0.2, 0) is 0 Å². The Morgan fingerprint density at radius 2 is 2.00 bits per heavy atom. The van der Waals surface area contributed by atoms with E-state index in [1.807, 2.05) is 0 Å². The summed E-state index contributed by atoms with van der Waals surface area (Å²) >= 11 is 2.11. The summed E-state index contributed by atoms with van der Waals surface area (Å²) in [5.41, 5.74) is 0. The number of nitrogens with zero attached hydrogens (tertiary/aromatic N) is 1. The van der Waals surface area contributed by atoms with Gasteiger partial charge in [-0.05, 0) is 58.0 Å². The highest BCUT2D eigenvalue weighted by atomic mass is 32.2. The lowest BCUT2D eigenvalue weighted by Crippen LogP contribution is -2.43. The van der Waals surface area contributed by atoms with Crippen LogP contribution in [0.25, 0.3) is 0 Å². The molecule has 1 N–H and O–H groups in total. The van der Waals surface area contributed by atoms with E-state index in [0.717, 1.165) is 5.92 Å². The first-order chi connectivity index (χ1) is 8.74. The molecule has 0 radical (unpaired) electrons. The van der Waals surface area contributed by atoms with Crippen LogP contribution in [0.1, 0.15) is 44.9 Å². The average Bonchev–Trinajstić information content (AvgIpc) is 2.40. The molecule has 2 nitrogen and oxygen atoms in total. The first-order valence-electron chi connectivity index (χ1n) is 7.68. The van der Waals surface area contributed by atoms with E-state index in [1.165, 1.54) is 71.1 Å². The number of hydrogen-bond acceptors (Lipinski definition) is 3. The molecule has 0 aromatic rings. The minimum atomic E-state index is 0.554. The molecule has 2 fully saturated rings. The van der Waals surface area contributed by atoms with E-state index >= 15 is 0 Å². The third kappa shape index (κ3) is 4.14. The van der Waals surface area contributed by atoms with Crippen molar-refractivity contribution >= 4 is 11.8 Å². The van der Waals surface area contributed by atoms with E-state index in [9.17, 15) is 0 Å². The van der Waals surface area contributed by atoms with Crippen LogP contribution in [0.3, 0.4) is 0 Å². The molecule has 0 aromatic carbocycles. The first-order valence-corrected chi connectivity index (χ1v) is 8.91. The van der Waals surface area contributed by atoms with Crippen LogP contribution in [0.4, 0.5) is 0 Å². The lowest BCUT2D eigenvalue weighted by atomic mass is 9.88. The summed E-state index contributed by atoms with van der Waals surface area (Å²) in [4.78, 5) is 2.49. The van der Waals surface area contributed by atoms with Crippen LogP contribution < -0.4 is 5.32 Å². The topological polar surface area (TPSA) is 15.3 Å². The highest BCUT2D eigenvalue weighted by Gasteiger charge is 2.30. The molecule has 2 rings (SSSR count). The fraction of sp³-hybridized carbons (Fsp3) is 1.00. The Morgan fingerprint density at radius 3 is 2.67 bits per heavy atom. The molecular formula is C15H30N2S. The second-order valence-corrected chi connectivity index (χ2v) is 7.62. The molecule has 1 aliphatic carbocycles. The minimum Gasteiger partial charge on any atom is -0.315 e. The van der Waals surface area contributed by atoms with E-state index < -0.39 is 0 Å². The molecular weight excluding hydrogens is 240 g/mol. The van der Waals surface area contributed by atoms with Crippen molar-refractivity contribution in [2.24, 2.45) is 5.92 Å². The van der Waals surface area contributed by atoms with Gasteiger partial charge in [0.15, 0.2) is 0 Å². The van der Waals surface area contributed by atoms with Gasteiger partial charge in [0.05, 0.1) is 0 Å². The third-order valence-corrected chi connectivity index (χ3v) is 6.22. The Hall–Kier alpha value is 0.270. The fourth-order valence-corrected chi connectivity index (χ4v) is 4.54. The zero-order valence-corrected chi connectivity index (χ0v) is 13.0. The third-order valence-electron chi connectivity index (χ3n) is 4.80. The van der Waals surface area contributed by atoms with E-state index in [4.69, 9.17) is 0 Å². The Morgan fingerprint density at radius 1 is 1.22 bits per heavy atom. The van der Waals surface area contributed by atoms with Gasteiger partial charge in [0.1, 0.15) is 0 Å². The average molecular weight is 270 g/mol. The molecule has 0 amide bonds. The smallest absolute Gasteiger partial charge is 0.0281 e. The van der Waals surface area contributed by atoms with Crippen LogP contribution in [0.2, 0.25) is 0 Å². The van der Waals surface area contributed by atoms with E-state index in [-0.39, 0.29) is 0 Å². The molecule has 0 aromatic heterocycles. The van der Waals surface area contributed by atoms with Crippen molar-refractivity contribution in [2.75, 3.05) is 39.5 Å². The van der Waals surface area contributed by atoms with Crippen molar-refractivity contribution in [3.63, 3.8) is 0 Å². The Kier molecular flexibility index (Phi) is 5.84. The fourth-order valence-electron chi connectivity index (χ4n) is 3.59. The maximum Gasteiger partial charge on any atom is 0.0281 e. The molecule has 18 heavy (non-hydrogen) atoms. The number of nitrogens with one attached hydrogen (secondary N) is 1. The number of rotatable bonds is 5. The van der Waals surface area contributed by atoms with Crippen molar-refractivity contribution in [1.29, 1.82) is 0 Å². The molecule has 0 bridgehead atoms. The summed E-state index contributed by atoms with van der Waals surface area (Å²) in [7, 11) is 2.26. The molecule has 1 atom stereocenters. The minimum absolute atomic E-state index is 0.554. The van der Waals surface area contributed by atoms with Crippen molar-refractivity contribution in [3.05, 3.63) is 0 Å². The predicted octanol–water partition coefficient (Wildman–Crippen LogP) is 2.98. The van der Waals surface area contributed by atoms with Gasteiger partial charge in [-0.15, -0.1) is 0 Å². The Labute approximate surface area is 117 Å². The monoisotopic (exact) mass is 270 g/mol. The number of hydrogen-bond donors (Lipinski definition) is 1. The second-order valence-electron chi connectivity index (χ2n) is 6.35. The lowest BCUT2D eigenvalue weighted by Gasteiger charge is -2.37. The lowest BCUT2D eigenvalue weighted by molar-refractivity contribution is 0.204. The van der Waals surface area contributed by atoms with Crippen molar-refractivity contribution in [3.8, 4) is 0 Å². The zero-order chi connectivity index (χ0) is 12.8.